The highest BCUT2D eigenvalue weighted by Crippen LogP contribution is 2.35. The lowest BCUT2D eigenvalue weighted by molar-refractivity contribution is -0.140. The van der Waals surface area contributed by atoms with E-state index in [2.05, 4.69) is 0 Å². The Morgan fingerprint density at radius 1 is 1.13 bits per heavy atom. The fourth-order valence-electron chi connectivity index (χ4n) is 2.76. The highest BCUT2D eigenvalue weighted by molar-refractivity contribution is 6.04. The molecule has 1 amide bonds. The maximum absolute atomic E-state index is 14.1. The van der Waals surface area contributed by atoms with Crippen LogP contribution in [0.3, 0.4) is 0 Å². The molecule has 30 heavy (non-hydrogen) atoms. The van der Waals surface area contributed by atoms with E-state index in [0.29, 0.717) is 0 Å². The Morgan fingerprint density at radius 3 is 2.33 bits per heavy atom. The lowest BCUT2D eigenvalue weighted by Crippen LogP contribution is -2.40. The number of anilines is 2. The number of methoxy groups -OCH3 is 2. The van der Waals surface area contributed by atoms with Gasteiger partial charge in [-0.1, -0.05) is 0 Å². The van der Waals surface area contributed by atoms with E-state index < -0.39 is 29.5 Å². The average molecular weight is 424 g/mol. The summed E-state index contributed by atoms with van der Waals surface area (Å²) in [6.07, 6.45) is -0.732. The number of nitrogens with zero attached hydrogens (tertiary/aromatic N) is 2. The third-order valence-corrected chi connectivity index (χ3v) is 4.09. The molecule has 0 radical (unpaired) electrons. The molecule has 1 heterocycles. The highest BCUT2D eigenvalue weighted by atomic mass is 19.1. The topological polar surface area (TPSA) is 94.6 Å². The molecule has 1 aliphatic rings. The van der Waals surface area contributed by atoms with Gasteiger partial charge < -0.3 is 23.8 Å². The molecule has 164 valence electrons. The average Bonchev–Trinajstić information content (AvgIpc) is 2.70. The van der Waals surface area contributed by atoms with Crippen molar-refractivity contribution in [1.82, 2.24) is 0 Å². The normalized spacial score (nSPS) is 14.3. The standard InChI is InChI=1S/C20H25FN2O7/c1-20(2,3)30-19(26)22(4)15-9-12(21)7-8-14(15)23-11-29-10-13(17(24)27-5)16(23)18(25)28-6/h7-9H,10-11H2,1-6H3. The van der Waals surface area contributed by atoms with Gasteiger partial charge in [0.2, 0.25) is 0 Å². The number of hydrogen-bond acceptors (Lipinski definition) is 8. The van der Waals surface area contributed by atoms with Crippen LogP contribution in [0.15, 0.2) is 29.5 Å². The van der Waals surface area contributed by atoms with E-state index in [1.54, 1.807) is 20.8 Å². The van der Waals surface area contributed by atoms with E-state index in [1.807, 2.05) is 0 Å². The van der Waals surface area contributed by atoms with Crippen molar-refractivity contribution < 1.29 is 37.7 Å². The number of benzene rings is 1. The summed E-state index contributed by atoms with van der Waals surface area (Å²) in [4.78, 5) is 39.6. The van der Waals surface area contributed by atoms with Gasteiger partial charge in [-0.05, 0) is 39.0 Å². The molecule has 0 saturated heterocycles. The number of carbonyl (C=O) groups is 3. The van der Waals surface area contributed by atoms with Crippen LogP contribution in [0.25, 0.3) is 0 Å². The van der Waals surface area contributed by atoms with Gasteiger partial charge in [-0.3, -0.25) is 4.90 Å². The van der Waals surface area contributed by atoms with Crippen LogP contribution >= 0.6 is 0 Å². The van der Waals surface area contributed by atoms with Crippen LogP contribution in [0.1, 0.15) is 20.8 Å². The molecular formula is C20H25FN2O7. The van der Waals surface area contributed by atoms with Gasteiger partial charge in [-0.25, -0.2) is 18.8 Å². The fraction of sp³-hybridized carbons (Fsp3) is 0.450. The summed E-state index contributed by atoms with van der Waals surface area (Å²) in [6, 6.07) is 3.63. The molecule has 9 nitrogen and oxygen atoms in total. The van der Waals surface area contributed by atoms with Gasteiger partial charge in [0.15, 0.2) is 0 Å². The van der Waals surface area contributed by atoms with E-state index in [4.69, 9.17) is 18.9 Å². The zero-order chi connectivity index (χ0) is 22.6. The zero-order valence-corrected chi connectivity index (χ0v) is 17.8. The van der Waals surface area contributed by atoms with Crippen molar-refractivity contribution in [3.8, 4) is 0 Å². The Morgan fingerprint density at radius 2 is 1.77 bits per heavy atom. The Hall–Kier alpha value is -3.14. The van der Waals surface area contributed by atoms with Crippen molar-refractivity contribution >= 4 is 29.4 Å². The Balaban J connectivity index is 2.61. The molecular weight excluding hydrogens is 399 g/mol. The molecule has 2 rings (SSSR count). The first kappa shape index (κ1) is 23.1. The van der Waals surface area contributed by atoms with E-state index in [-0.39, 0.29) is 36.0 Å². The second-order valence-corrected chi connectivity index (χ2v) is 7.39. The third-order valence-electron chi connectivity index (χ3n) is 4.09. The second kappa shape index (κ2) is 9.12. The SMILES string of the molecule is COC(=O)C1=C(C(=O)OC)N(c2ccc(F)cc2N(C)C(=O)OC(C)(C)C)COC1. The molecule has 0 aliphatic carbocycles. The third kappa shape index (κ3) is 5.07. The van der Waals surface area contributed by atoms with Gasteiger partial charge in [0.1, 0.15) is 23.8 Å². The minimum Gasteiger partial charge on any atom is -0.466 e. The maximum Gasteiger partial charge on any atom is 0.414 e. The van der Waals surface area contributed by atoms with E-state index in [0.717, 1.165) is 24.1 Å². The van der Waals surface area contributed by atoms with Crippen LogP contribution in [-0.2, 0) is 28.5 Å². The summed E-state index contributed by atoms with van der Waals surface area (Å²) in [7, 11) is 3.74. The van der Waals surface area contributed by atoms with Crippen LogP contribution in [0.2, 0.25) is 0 Å². The second-order valence-electron chi connectivity index (χ2n) is 7.39. The highest BCUT2D eigenvalue weighted by Gasteiger charge is 2.34. The predicted molar refractivity (Wildman–Crippen MR) is 105 cm³/mol. The van der Waals surface area contributed by atoms with Crippen molar-refractivity contribution in [3.05, 3.63) is 35.3 Å². The van der Waals surface area contributed by atoms with Crippen molar-refractivity contribution in [2.24, 2.45) is 0 Å². The van der Waals surface area contributed by atoms with E-state index in [1.165, 1.54) is 25.1 Å². The molecule has 0 N–H and O–H groups in total. The molecule has 0 bridgehead atoms. The first-order valence-corrected chi connectivity index (χ1v) is 9.01. The molecule has 0 spiro atoms. The fourth-order valence-corrected chi connectivity index (χ4v) is 2.76. The number of hydrogen-bond donors (Lipinski definition) is 0. The first-order valence-electron chi connectivity index (χ1n) is 9.01. The van der Waals surface area contributed by atoms with Gasteiger partial charge in [0.25, 0.3) is 0 Å². The summed E-state index contributed by atoms with van der Waals surface area (Å²) in [5, 5.41) is 0. The van der Waals surface area contributed by atoms with Crippen molar-refractivity contribution in [2.75, 3.05) is 44.4 Å². The van der Waals surface area contributed by atoms with Gasteiger partial charge in [0.05, 0.1) is 37.8 Å². The summed E-state index contributed by atoms with van der Waals surface area (Å²) >= 11 is 0. The molecule has 1 aliphatic heterocycles. The minimum atomic E-state index is -0.811. The monoisotopic (exact) mass is 424 g/mol. The smallest absolute Gasteiger partial charge is 0.414 e. The quantitative estimate of drug-likeness (QED) is 0.538. The van der Waals surface area contributed by atoms with Crippen molar-refractivity contribution in [1.29, 1.82) is 0 Å². The number of halogens is 1. The number of carbonyl (C=O) groups excluding carboxylic acids is 3. The van der Waals surface area contributed by atoms with Crippen molar-refractivity contribution in [2.45, 2.75) is 26.4 Å². The molecule has 1 aromatic rings. The minimum absolute atomic E-state index is 0.0641. The Bertz CT molecular complexity index is 876. The number of rotatable bonds is 4. The summed E-state index contributed by atoms with van der Waals surface area (Å²) in [5.74, 6) is -2.20. The lowest BCUT2D eigenvalue weighted by atomic mass is 10.1. The van der Waals surface area contributed by atoms with Gasteiger partial charge >= 0.3 is 18.0 Å². The zero-order valence-electron chi connectivity index (χ0n) is 17.8. The molecule has 1 aromatic carbocycles. The molecule has 0 fully saturated rings. The van der Waals surface area contributed by atoms with Crippen LogP contribution in [-0.4, -0.2) is 58.2 Å². The summed E-state index contributed by atoms with van der Waals surface area (Å²) in [5.41, 5.74) is -0.638. The van der Waals surface area contributed by atoms with Crippen LogP contribution < -0.4 is 9.80 Å². The Kier molecular flexibility index (Phi) is 7.04. The van der Waals surface area contributed by atoms with Crippen LogP contribution in [0.4, 0.5) is 20.6 Å². The number of esters is 2. The molecule has 0 saturated carbocycles. The van der Waals surface area contributed by atoms with Gasteiger partial charge in [-0.15, -0.1) is 0 Å². The number of ether oxygens (including phenoxy) is 4. The first-order chi connectivity index (χ1) is 14.0. The van der Waals surface area contributed by atoms with E-state index >= 15 is 0 Å². The van der Waals surface area contributed by atoms with Crippen LogP contribution in [0, 0.1) is 5.82 Å². The summed E-state index contributed by atoms with van der Waals surface area (Å²) < 4.78 is 34.4. The van der Waals surface area contributed by atoms with Gasteiger partial charge in [0, 0.05) is 7.05 Å². The van der Waals surface area contributed by atoms with Gasteiger partial charge in [-0.2, -0.15) is 0 Å². The maximum atomic E-state index is 14.1. The molecule has 10 heteroatoms. The largest absolute Gasteiger partial charge is 0.466 e. The lowest BCUT2D eigenvalue weighted by Gasteiger charge is -2.34. The molecule has 0 aromatic heterocycles. The molecule has 0 atom stereocenters. The van der Waals surface area contributed by atoms with Crippen molar-refractivity contribution in [3.63, 3.8) is 0 Å². The molecule has 0 unspecified atom stereocenters. The predicted octanol–water partition coefficient (Wildman–Crippen LogP) is 2.59. The van der Waals surface area contributed by atoms with Crippen LogP contribution in [0.5, 0.6) is 0 Å². The van der Waals surface area contributed by atoms with E-state index in [9.17, 15) is 18.8 Å². The summed E-state index contributed by atoms with van der Waals surface area (Å²) in [6.45, 7) is 4.77. The number of amides is 1. The Labute approximate surface area is 173 Å².